The van der Waals surface area contributed by atoms with Gasteiger partial charge in [-0.3, -0.25) is 9.69 Å². The van der Waals surface area contributed by atoms with Gasteiger partial charge < -0.3 is 5.32 Å². The number of carbonyl (C=O) groups is 1. The quantitative estimate of drug-likeness (QED) is 0.871. The molecule has 1 unspecified atom stereocenters. The summed E-state index contributed by atoms with van der Waals surface area (Å²) in [5.74, 6) is 0.232. The van der Waals surface area contributed by atoms with Gasteiger partial charge in [0.05, 0.1) is 5.92 Å². The minimum Gasteiger partial charge on any atom is -0.352 e. The number of likely N-dealkylation sites (tertiary alicyclic amines) is 1. The fourth-order valence-electron chi connectivity index (χ4n) is 3.30. The van der Waals surface area contributed by atoms with Crippen molar-refractivity contribution < 1.29 is 4.79 Å². The first kappa shape index (κ1) is 18.0. The van der Waals surface area contributed by atoms with E-state index in [4.69, 9.17) is 11.6 Å². The molecule has 0 bridgehead atoms. The van der Waals surface area contributed by atoms with Crippen LogP contribution in [0, 0.1) is 12.8 Å². The van der Waals surface area contributed by atoms with Crippen molar-refractivity contribution in [2.45, 2.75) is 32.9 Å². The second-order valence-corrected chi connectivity index (χ2v) is 7.34. The molecule has 1 amide bonds. The number of nitrogens with zero attached hydrogens (tertiary/aromatic N) is 1. The first-order valence-electron chi connectivity index (χ1n) is 8.90. The monoisotopic (exact) mass is 356 g/mol. The van der Waals surface area contributed by atoms with Gasteiger partial charge in [0.15, 0.2) is 0 Å². The predicted molar refractivity (Wildman–Crippen MR) is 102 cm³/mol. The number of benzene rings is 2. The number of hydrogen-bond acceptors (Lipinski definition) is 2. The van der Waals surface area contributed by atoms with Gasteiger partial charge in [-0.1, -0.05) is 53.6 Å². The minimum atomic E-state index is 0.0755. The maximum Gasteiger partial charge on any atom is 0.224 e. The Morgan fingerprint density at radius 1 is 1.12 bits per heavy atom. The lowest BCUT2D eigenvalue weighted by atomic mass is 9.96. The van der Waals surface area contributed by atoms with Crippen LogP contribution in [0.1, 0.15) is 29.5 Å². The Hall–Kier alpha value is -1.84. The van der Waals surface area contributed by atoms with E-state index in [1.165, 1.54) is 11.1 Å². The molecule has 132 valence electrons. The summed E-state index contributed by atoms with van der Waals surface area (Å²) in [5, 5.41) is 3.79. The van der Waals surface area contributed by atoms with Gasteiger partial charge in [-0.05, 0) is 49.6 Å². The average molecular weight is 357 g/mol. The summed E-state index contributed by atoms with van der Waals surface area (Å²) in [6.07, 6.45) is 2.04. The van der Waals surface area contributed by atoms with Crippen LogP contribution in [0.15, 0.2) is 48.5 Å². The number of amides is 1. The lowest BCUT2D eigenvalue weighted by Gasteiger charge is -2.32. The van der Waals surface area contributed by atoms with E-state index < -0.39 is 0 Å². The summed E-state index contributed by atoms with van der Waals surface area (Å²) < 4.78 is 0. The molecular weight excluding hydrogens is 332 g/mol. The molecule has 3 rings (SSSR count). The van der Waals surface area contributed by atoms with Gasteiger partial charge in [0.2, 0.25) is 5.91 Å². The van der Waals surface area contributed by atoms with Crippen molar-refractivity contribution in [2.24, 2.45) is 5.92 Å². The molecule has 4 heteroatoms. The van der Waals surface area contributed by atoms with Gasteiger partial charge in [-0.15, -0.1) is 0 Å². The van der Waals surface area contributed by atoms with Crippen LogP contribution in [0.3, 0.4) is 0 Å². The summed E-state index contributed by atoms with van der Waals surface area (Å²) in [7, 11) is 0. The van der Waals surface area contributed by atoms with E-state index in [-0.39, 0.29) is 11.8 Å². The summed E-state index contributed by atoms with van der Waals surface area (Å²) in [4.78, 5) is 14.9. The van der Waals surface area contributed by atoms with E-state index in [9.17, 15) is 4.79 Å². The lowest BCUT2D eigenvalue weighted by Crippen LogP contribution is -2.42. The van der Waals surface area contributed by atoms with Crippen LogP contribution >= 0.6 is 11.6 Å². The summed E-state index contributed by atoms with van der Waals surface area (Å²) in [5.41, 5.74) is 3.67. The molecule has 1 aliphatic rings. The Bertz CT molecular complexity index is 697. The van der Waals surface area contributed by atoms with Crippen molar-refractivity contribution in [3.63, 3.8) is 0 Å². The molecule has 25 heavy (non-hydrogen) atoms. The Morgan fingerprint density at radius 2 is 1.80 bits per heavy atom. The Labute approximate surface area is 155 Å². The van der Waals surface area contributed by atoms with Crippen molar-refractivity contribution in [3.05, 3.63) is 70.2 Å². The molecule has 0 aliphatic carbocycles. The van der Waals surface area contributed by atoms with Crippen molar-refractivity contribution in [1.82, 2.24) is 10.2 Å². The molecule has 1 heterocycles. The minimum absolute atomic E-state index is 0.0755. The molecule has 1 saturated heterocycles. The summed E-state index contributed by atoms with van der Waals surface area (Å²) in [6.45, 7) is 5.48. The molecule has 1 aliphatic heterocycles. The Kier molecular flexibility index (Phi) is 6.11. The predicted octanol–water partition coefficient (Wildman–Crippen LogP) is 4.18. The molecule has 2 aromatic rings. The summed E-state index contributed by atoms with van der Waals surface area (Å²) in [6, 6.07) is 16.3. The van der Waals surface area contributed by atoms with E-state index in [1.807, 2.05) is 24.3 Å². The third-order valence-electron chi connectivity index (χ3n) is 4.78. The van der Waals surface area contributed by atoms with E-state index in [0.717, 1.165) is 38.0 Å². The molecule has 3 nitrogen and oxygen atoms in total. The number of hydrogen-bond donors (Lipinski definition) is 1. The van der Waals surface area contributed by atoms with Crippen LogP contribution in [-0.4, -0.2) is 23.9 Å². The number of piperidine rings is 1. The smallest absolute Gasteiger partial charge is 0.224 e. The second-order valence-electron chi connectivity index (χ2n) is 6.90. The van der Waals surface area contributed by atoms with E-state index in [1.54, 1.807) is 0 Å². The average Bonchev–Trinajstić information content (AvgIpc) is 2.63. The molecule has 0 spiro atoms. The zero-order valence-corrected chi connectivity index (χ0v) is 15.4. The second kappa shape index (κ2) is 8.50. The molecule has 1 atom stereocenters. The van der Waals surface area contributed by atoms with Crippen LogP contribution < -0.4 is 5.32 Å². The molecule has 2 aromatic carbocycles. The van der Waals surface area contributed by atoms with E-state index in [0.29, 0.717) is 11.6 Å². The zero-order chi connectivity index (χ0) is 17.6. The largest absolute Gasteiger partial charge is 0.352 e. The van der Waals surface area contributed by atoms with Gasteiger partial charge in [-0.2, -0.15) is 0 Å². The van der Waals surface area contributed by atoms with Gasteiger partial charge in [-0.25, -0.2) is 0 Å². The van der Waals surface area contributed by atoms with Crippen molar-refractivity contribution >= 4 is 17.5 Å². The van der Waals surface area contributed by atoms with Crippen molar-refractivity contribution in [2.75, 3.05) is 13.1 Å². The third kappa shape index (κ3) is 5.32. The molecule has 0 saturated carbocycles. The Morgan fingerprint density at radius 3 is 2.52 bits per heavy atom. The SMILES string of the molecule is Cc1ccc(CN2CCCC(C(=O)NCc3ccc(Cl)cc3)C2)cc1. The first-order valence-corrected chi connectivity index (χ1v) is 9.28. The van der Waals surface area contributed by atoms with Gasteiger partial charge in [0.25, 0.3) is 0 Å². The van der Waals surface area contributed by atoms with Crippen LogP contribution in [0.2, 0.25) is 5.02 Å². The summed E-state index contributed by atoms with van der Waals surface area (Å²) >= 11 is 5.89. The van der Waals surface area contributed by atoms with Crippen LogP contribution in [0.4, 0.5) is 0 Å². The highest BCUT2D eigenvalue weighted by Gasteiger charge is 2.25. The first-order chi connectivity index (χ1) is 12.1. The fraction of sp³-hybridized carbons (Fsp3) is 0.381. The highest BCUT2D eigenvalue weighted by Crippen LogP contribution is 2.19. The maximum absolute atomic E-state index is 12.5. The zero-order valence-electron chi connectivity index (χ0n) is 14.7. The number of nitrogens with one attached hydrogen (secondary N) is 1. The van der Waals surface area contributed by atoms with Gasteiger partial charge >= 0.3 is 0 Å². The molecule has 0 radical (unpaired) electrons. The number of halogens is 1. The topological polar surface area (TPSA) is 32.3 Å². The maximum atomic E-state index is 12.5. The van der Waals surface area contributed by atoms with Gasteiger partial charge in [0, 0.05) is 24.7 Å². The standard InChI is InChI=1S/C21H25ClN2O/c1-16-4-6-18(7-5-16)14-24-12-2-3-19(15-24)21(25)23-13-17-8-10-20(22)11-9-17/h4-11,19H,2-3,12-15H2,1H3,(H,23,25). The molecule has 0 aromatic heterocycles. The van der Waals surface area contributed by atoms with Gasteiger partial charge in [0.1, 0.15) is 0 Å². The number of carbonyl (C=O) groups excluding carboxylic acids is 1. The normalized spacial score (nSPS) is 18.1. The van der Waals surface area contributed by atoms with Crippen LogP contribution in [0.5, 0.6) is 0 Å². The highest BCUT2D eigenvalue weighted by molar-refractivity contribution is 6.30. The van der Waals surface area contributed by atoms with Crippen molar-refractivity contribution in [1.29, 1.82) is 0 Å². The van der Waals surface area contributed by atoms with E-state index >= 15 is 0 Å². The lowest BCUT2D eigenvalue weighted by molar-refractivity contribution is -0.126. The molecule has 1 fully saturated rings. The van der Waals surface area contributed by atoms with E-state index in [2.05, 4.69) is 41.4 Å². The highest BCUT2D eigenvalue weighted by atomic mass is 35.5. The molecule has 1 N–H and O–H groups in total. The number of rotatable bonds is 5. The molecular formula is C21H25ClN2O. The number of aryl methyl sites for hydroxylation is 1. The Balaban J connectivity index is 1.50. The van der Waals surface area contributed by atoms with Crippen LogP contribution in [-0.2, 0) is 17.9 Å². The fourth-order valence-corrected chi connectivity index (χ4v) is 3.43. The van der Waals surface area contributed by atoms with Crippen LogP contribution in [0.25, 0.3) is 0 Å². The van der Waals surface area contributed by atoms with Crippen molar-refractivity contribution in [3.8, 4) is 0 Å². The third-order valence-corrected chi connectivity index (χ3v) is 5.04.